The third-order valence-electron chi connectivity index (χ3n) is 4.70. The summed E-state index contributed by atoms with van der Waals surface area (Å²) in [5.74, 6) is -0.237. The first-order chi connectivity index (χ1) is 15.5. The number of alkyl halides is 3. The van der Waals surface area contributed by atoms with Crippen LogP contribution in [0.5, 0.6) is 5.75 Å². The normalized spacial score (nSPS) is 11.6. The first-order valence-electron chi connectivity index (χ1n) is 9.61. The molecule has 8 nitrogen and oxygen atoms in total. The molecule has 13 heteroatoms. The van der Waals surface area contributed by atoms with Crippen molar-refractivity contribution in [1.82, 2.24) is 14.5 Å². The van der Waals surface area contributed by atoms with Crippen LogP contribution in [0.15, 0.2) is 53.4 Å². The van der Waals surface area contributed by atoms with E-state index in [0.717, 1.165) is 16.8 Å². The zero-order valence-corrected chi connectivity index (χ0v) is 21.4. The number of aliphatic hydroxyl groups excluding tert-OH is 1. The smallest absolute Gasteiger partial charge is 1.00 e. The molecule has 0 radical (unpaired) electrons. The maximum Gasteiger partial charge on any atom is 1.00 e. The minimum Gasteiger partial charge on any atom is -1.00 e. The molecule has 0 aliphatic rings. The van der Waals surface area contributed by atoms with Gasteiger partial charge in [-0.15, -0.1) is 0 Å². The fourth-order valence-electron chi connectivity index (χ4n) is 3.04. The third-order valence-corrected chi connectivity index (χ3v) is 6.18. The number of sulfonamides is 1. The summed E-state index contributed by atoms with van der Waals surface area (Å²) in [4.78, 5) is 11.2. The number of benzene rings is 2. The number of carbonyl (C=O) groups is 1. The SMILES string of the molecule is CCC(=O)NS(=O)(=O)c1ccc(-n2nc(C(F)(F)F)cc2-c2ccc(OC)cc2)cc1CO.[H-].[Na+]. The van der Waals surface area contributed by atoms with Crippen LogP contribution in [-0.2, 0) is 27.6 Å². The van der Waals surface area contributed by atoms with Crippen LogP contribution in [-0.4, -0.2) is 36.3 Å². The Bertz CT molecular complexity index is 1280. The number of hydrogen-bond acceptors (Lipinski definition) is 6. The molecule has 178 valence electrons. The average molecular weight is 507 g/mol. The van der Waals surface area contributed by atoms with Gasteiger partial charge in [0.05, 0.1) is 30.0 Å². The minimum absolute atomic E-state index is 0. The van der Waals surface area contributed by atoms with Crippen molar-refractivity contribution in [3.05, 3.63) is 59.8 Å². The minimum atomic E-state index is -4.72. The van der Waals surface area contributed by atoms with Crippen molar-refractivity contribution < 1.29 is 67.2 Å². The van der Waals surface area contributed by atoms with Crippen LogP contribution in [0.25, 0.3) is 16.9 Å². The van der Waals surface area contributed by atoms with Gasteiger partial charge >= 0.3 is 35.7 Å². The summed E-state index contributed by atoms with van der Waals surface area (Å²) >= 11 is 0. The summed E-state index contributed by atoms with van der Waals surface area (Å²) in [7, 11) is -2.83. The standard InChI is InChI=1S/C21H20F3N3O5S.Na.H/c1-3-20(29)26-33(30,31)18-9-6-15(10-14(18)12-28)27-17(11-19(25-27)21(22,23)24)13-4-7-16(32-2)8-5-13;;/h4-11,28H,3,12H2,1-2H3,(H,26,29);;/q;+1;-1. The number of ether oxygens (including phenoxy) is 1. The van der Waals surface area contributed by atoms with Gasteiger partial charge in [0.2, 0.25) is 5.91 Å². The van der Waals surface area contributed by atoms with E-state index in [4.69, 9.17) is 4.74 Å². The van der Waals surface area contributed by atoms with Crippen LogP contribution in [0.1, 0.15) is 26.0 Å². The van der Waals surface area contributed by atoms with Crippen LogP contribution in [0.4, 0.5) is 13.2 Å². The van der Waals surface area contributed by atoms with Crippen molar-refractivity contribution in [3.63, 3.8) is 0 Å². The van der Waals surface area contributed by atoms with Crippen molar-refractivity contribution in [3.8, 4) is 22.7 Å². The Morgan fingerprint density at radius 1 is 1.18 bits per heavy atom. The van der Waals surface area contributed by atoms with E-state index in [1.165, 1.54) is 26.2 Å². The molecule has 0 aliphatic carbocycles. The average Bonchev–Trinajstić information content (AvgIpc) is 3.24. The Balaban J connectivity index is 0.00000306. The van der Waals surface area contributed by atoms with Gasteiger partial charge < -0.3 is 11.3 Å². The number of nitrogens with one attached hydrogen (secondary N) is 1. The molecule has 0 saturated carbocycles. The first kappa shape index (κ1) is 27.9. The number of halogens is 3. The van der Waals surface area contributed by atoms with Gasteiger partial charge in [-0.25, -0.2) is 17.8 Å². The number of amides is 1. The van der Waals surface area contributed by atoms with E-state index in [-0.39, 0.29) is 59.2 Å². The number of nitrogens with zero attached hydrogens (tertiary/aromatic N) is 2. The maximum atomic E-state index is 13.4. The molecule has 1 heterocycles. The van der Waals surface area contributed by atoms with Gasteiger partial charge in [-0.05, 0) is 48.5 Å². The second-order valence-corrected chi connectivity index (χ2v) is 8.54. The van der Waals surface area contributed by atoms with Gasteiger partial charge in [-0.3, -0.25) is 4.79 Å². The maximum absolute atomic E-state index is 13.4. The van der Waals surface area contributed by atoms with Crippen molar-refractivity contribution in [2.24, 2.45) is 0 Å². The Labute approximate surface area is 217 Å². The Morgan fingerprint density at radius 3 is 2.35 bits per heavy atom. The molecular formula is C21H21F3N3NaO5S. The summed E-state index contributed by atoms with van der Waals surface area (Å²) in [5.41, 5.74) is -0.694. The summed E-state index contributed by atoms with van der Waals surface area (Å²) < 4.78 is 73.1. The second kappa shape index (κ2) is 10.9. The van der Waals surface area contributed by atoms with E-state index in [1.807, 2.05) is 4.72 Å². The van der Waals surface area contributed by atoms with Gasteiger partial charge in [0.15, 0.2) is 5.69 Å². The zero-order valence-electron chi connectivity index (χ0n) is 19.5. The van der Waals surface area contributed by atoms with Crippen LogP contribution < -0.4 is 39.0 Å². The number of methoxy groups -OCH3 is 1. The van der Waals surface area contributed by atoms with Gasteiger partial charge in [0.25, 0.3) is 10.0 Å². The molecule has 0 spiro atoms. The molecule has 0 aliphatic heterocycles. The predicted molar refractivity (Wildman–Crippen MR) is 113 cm³/mol. The van der Waals surface area contributed by atoms with Gasteiger partial charge in [0.1, 0.15) is 5.75 Å². The van der Waals surface area contributed by atoms with E-state index in [2.05, 4.69) is 5.10 Å². The first-order valence-corrected chi connectivity index (χ1v) is 11.1. The molecule has 2 aromatic carbocycles. The van der Waals surface area contributed by atoms with E-state index in [0.29, 0.717) is 11.3 Å². The molecule has 0 unspecified atom stereocenters. The monoisotopic (exact) mass is 507 g/mol. The number of rotatable bonds is 7. The molecule has 0 fully saturated rings. The van der Waals surface area contributed by atoms with Crippen molar-refractivity contribution >= 4 is 15.9 Å². The van der Waals surface area contributed by atoms with Gasteiger partial charge in [-0.1, -0.05) is 6.92 Å². The number of hydrogen-bond donors (Lipinski definition) is 2. The van der Waals surface area contributed by atoms with Crippen molar-refractivity contribution in [2.45, 2.75) is 31.0 Å². The molecule has 3 aromatic rings. The van der Waals surface area contributed by atoms with Crippen molar-refractivity contribution in [1.29, 1.82) is 0 Å². The molecule has 0 atom stereocenters. The van der Waals surface area contributed by atoms with E-state index in [9.17, 15) is 31.5 Å². The second-order valence-electron chi connectivity index (χ2n) is 6.89. The Kier molecular flexibility index (Phi) is 8.94. The molecule has 1 amide bonds. The van der Waals surface area contributed by atoms with E-state index in [1.54, 1.807) is 24.3 Å². The summed E-state index contributed by atoms with van der Waals surface area (Å²) in [6, 6.07) is 10.7. The van der Waals surface area contributed by atoms with Gasteiger partial charge in [-0.2, -0.15) is 18.3 Å². The number of aliphatic hydroxyl groups is 1. The number of aromatic nitrogens is 2. The summed E-state index contributed by atoms with van der Waals surface area (Å²) in [5, 5.41) is 13.4. The quantitative estimate of drug-likeness (QED) is 0.448. The summed E-state index contributed by atoms with van der Waals surface area (Å²) in [6.45, 7) is 0.729. The molecule has 0 bridgehead atoms. The molecule has 2 N–H and O–H groups in total. The van der Waals surface area contributed by atoms with E-state index >= 15 is 0 Å². The Hall–Kier alpha value is -2.38. The van der Waals surface area contributed by atoms with Crippen LogP contribution in [0, 0.1) is 0 Å². The van der Waals surface area contributed by atoms with Crippen LogP contribution in [0.3, 0.4) is 0 Å². The molecule has 1 aromatic heterocycles. The molecule has 0 saturated heterocycles. The van der Waals surface area contributed by atoms with Gasteiger partial charge in [0, 0.05) is 17.5 Å². The topological polar surface area (TPSA) is 111 Å². The third kappa shape index (κ3) is 5.99. The summed E-state index contributed by atoms with van der Waals surface area (Å²) in [6.07, 6.45) is -4.80. The van der Waals surface area contributed by atoms with Crippen LogP contribution >= 0.6 is 0 Å². The fourth-order valence-corrected chi connectivity index (χ4v) is 4.31. The molecule has 3 rings (SSSR count). The van der Waals surface area contributed by atoms with Crippen LogP contribution in [0.2, 0.25) is 0 Å². The number of carbonyl (C=O) groups excluding carboxylic acids is 1. The predicted octanol–water partition coefficient (Wildman–Crippen LogP) is 0.390. The van der Waals surface area contributed by atoms with Crippen molar-refractivity contribution in [2.75, 3.05) is 7.11 Å². The fraction of sp³-hybridized carbons (Fsp3) is 0.238. The molecular weight excluding hydrogens is 486 g/mol. The largest absolute Gasteiger partial charge is 1.00 e. The van der Waals surface area contributed by atoms with E-state index < -0.39 is 34.4 Å². The molecule has 34 heavy (non-hydrogen) atoms. The Morgan fingerprint density at radius 2 is 1.82 bits per heavy atom. The zero-order chi connectivity index (χ0) is 24.4.